The van der Waals surface area contributed by atoms with Crippen LogP contribution in [-0.4, -0.2) is 14.4 Å². The lowest BCUT2D eigenvalue weighted by molar-refractivity contribution is 0.619. The molecule has 0 unspecified atom stereocenters. The number of halogens is 3. The van der Waals surface area contributed by atoms with Gasteiger partial charge in [-0.25, -0.2) is 14.4 Å². The third-order valence-corrected chi connectivity index (χ3v) is 5.24. The molecular weight excluding hydrogens is 427 g/mol. The molecule has 1 aromatic carbocycles. The number of nitrogens with one attached hydrogen (secondary N) is 1. The van der Waals surface area contributed by atoms with Gasteiger partial charge in [0, 0.05) is 16.0 Å². The molecule has 0 bridgehead atoms. The fourth-order valence-corrected chi connectivity index (χ4v) is 4.02. The van der Waals surface area contributed by atoms with Crippen molar-refractivity contribution in [3.63, 3.8) is 0 Å². The van der Waals surface area contributed by atoms with Gasteiger partial charge in [-0.3, -0.25) is 4.40 Å². The second-order valence-electron chi connectivity index (χ2n) is 5.41. The van der Waals surface area contributed by atoms with Crippen molar-refractivity contribution >= 4 is 55.3 Å². The van der Waals surface area contributed by atoms with E-state index in [1.807, 2.05) is 30.5 Å². The Balaban J connectivity index is 1.72. The van der Waals surface area contributed by atoms with Crippen LogP contribution in [0.4, 0.5) is 15.2 Å². The minimum absolute atomic E-state index is 0.318. The lowest BCUT2D eigenvalue weighted by Gasteiger charge is -2.05. The number of hydrogen-bond donors (Lipinski definition) is 1. The van der Waals surface area contributed by atoms with Crippen LogP contribution in [-0.2, 0) is 0 Å². The van der Waals surface area contributed by atoms with Crippen molar-refractivity contribution in [1.29, 1.82) is 0 Å². The Bertz CT molecular complexity index is 1090. The number of imidazole rings is 1. The molecule has 0 amide bonds. The van der Waals surface area contributed by atoms with E-state index in [1.165, 1.54) is 23.6 Å². The van der Waals surface area contributed by atoms with Crippen LogP contribution in [0.15, 0.2) is 46.4 Å². The highest BCUT2D eigenvalue weighted by Gasteiger charge is 2.15. The molecule has 4 nitrogen and oxygen atoms in total. The number of thiazole rings is 1. The smallest absolute Gasteiger partial charge is 0.187 e. The van der Waals surface area contributed by atoms with Crippen LogP contribution in [0.5, 0.6) is 0 Å². The van der Waals surface area contributed by atoms with E-state index in [2.05, 4.69) is 31.2 Å². The number of rotatable bonds is 3. The van der Waals surface area contributed by atoms with Gasteiger partial charge in [-0.05, 0) is 37.3 Å². The first-order valence-electron chi connectivity index (χ1n) is 7.33. The molecule has 0 spiro atoms. The Labute approximate surface area is 160 Å². The zero-order chi connectivity index (χ0) is 17.6. The van der Waals surface area contributed by atoms with Crippen molar-refractivity contribution in [2.45, 2.75) is 6.92 Å². The van der Waals surface area contributed by atoms with Gasteiger partial charge in [0.1, 0.15) is 17.2 Å². The number of nitrogens with zero attached hydrogens (tertiary/aromatic N) is 3. The molecule has 4 aromatic rings. The van der Waals surface area contributed by atoms with Crippen LogP contribution >= 0.6 is 38.9 Å². The normalized spacial score (nSPS) is 11.2. The summed E-state index contributed by atoms with van der Waals surface area (Å²) in [5, 5.41) is 6.42. The zero-order valence-electron chi connectivity index (χ0n) is 12.9. The summed E-state index contributed by atoms with van der Waals surface area (Å²) in [5.74, 6) is -0.318. The number of hydrogen-bond acceptors (Lipinski definition) is 4. The summed E-state index contributed by atoms with van der Waals surface area (Å²) in [4.78, 5) is 9.07. The molecule has 3 aromatic heterocycles. The first-order valence-corrected chi connectivity index (χ1v) is 9.38. The third-order valence-electron chi connectivity index (χ3n) is 3.68. The minimum Gasteiger partial charge on any atom is -0.330 e. The molecule has 0 saturated heterocycles. The van der Waals surface area contributed by atoms with Gasteiger partial charge in [-0.15, -0.1) is 11.3 Å². The summed E-state index contributed by atoms with van der Waals surface area (Å²) in [7, 11) is 0. The average Bonchev–Trinajstić information content (AvgIpc) is 3.13. The molecule has 3 heterocycles. The Kier molecular flexibility index (Phi) is 4.23. The maximum Gasteiger partial charge on any atom is 0.187 e. The predicted molar refractivity (Wildman–Crippen MR) is 103 cm³/mol. The summed E-state index contributed by atoms with van der Waals surface area (Å²) in [5.41, 5.74) is 3.76. The van der Waals surface area contributed by atoms with Crippen LogP contribution in [0.25, 0.3) is 17.0 Å². The van der Waals surface area contributed by atoms with Gasteiger partial charge in [0.15, 0.2) is 5.13 Å². The van der Waals surface area contributed by atoms with E-state index >= 15 is 0 Å². The lowest BCUT2D eigenvalue weighted by Crippen LogP contribution is -1.93. The van der Waals surface area contributed by atoms with Crippen molar-refractivity contribution < 1.29 is 4.39 Å². The SMILES string of the molecule is Cc1nc2ccc(F)cn2c1-c1csc(Nc2ccc(Br)cc2Cl)n1. The first kappa shape index (κ1) is 16.5. The fourth-order valence-electron chi connectivity index (χ4n) is 2.59. The molecule has 4 rings (SSSR count). The molecule has 0 aliphatic carbocycles. The summed E-state index contributed by atoms with van der Waals surface area (Å²) < 4.78 is 16.2. The molecule has 0 saturated carbocycles. The van der Waals surface area contributed by atoms with Crippen molar-refractivity contribution in [1.82, 2.24) is 14.4 Å². The molecule has 0 aliphatic heterocycles. The second-order valence-corrected chi connectivity index (χ2v) is 7.59. The summed E-state index contributed by atoms with van der Waals surface area (Å²) in [6.07, 6.45) is 1.42. The second kappa shape index (κ2) is 6.40. The highest BCUT2D eigenvalue weighted by Crippen LogP contribution is 2.33. The quantitative estimate of drug-likeness (QED) is 0.423. The number of pyridine rings is 1. The highest BCUT2D eigenvalue weighted by molar-refractivity contribution is 9.10. The van der Waals surface area contributed by atoms with Crippen LogP contribution in [0.2, 0.25) is 5.02 Å². The molecule has 1 N–H and O–H groups in total. The average molecular weight is 438 g/mol. The van der Waals surface area contributed by atoms with Gasteiger partial charge >= 0.3 is 0 Å². The fraction of sp³-hybridized carbons (Fsp3) is 0.0588. The van der Waals surface area contributed by atoms with E-state index < -0.39 is 0 Å². The topological polar surface area (TPSA) is 42.2 Å². The summed E-state index contributed by atoms with van der Waals surface area (Å²) >= 11 is 11.1. The van der Waals surface area contributed by atoms with Crippen LogP contribution in [0, 0.1) is 12.7 Å². The standard InChI is InChI=1S/C17H11BrClFN4S/c1-9-16(24-7-11(20)3-5-15(24)21-9)14-8-25-17(23-14)22-13-4-2-10(18)6-12(13)19/h2-8H,1H3,(H,22,23). The van der Waals surface area contributed by atoms with Crippen molar-refractivity contribution in [3.05, 3.63) is 62.9 Å². The highest BCUT2D eigenvalue weighted by atomic mass is 79.9. The van der Waals surface area contributed by atoms with Gasteiger partial charge in [0.25, 0.3) is 0 Å². The van der Waals surface area contributed by atoms with E-state index in [0.717, 1.165) is 27.2 Å². The van der Waals surface area contributed by atoms with E-state index in [-0.39, 0.29) is 5.82 Å². The number of aryl methyl sites for hydroxylation is 1. The third kappa shape index (κ3) is 3.15. The molecule has 25 heavy (non-hydrogen) atoms. The Morgan fingerprint density at radius 3 is 2.88 bits per heavy atom. The maximum absolute atomic E-state index is 13.6. The van der Waals surface area contributed by atoms with Crippen LogP contribution < -0.4 is 5.32 Å². The molecule has 0 aliphatic rings. The van der Waals surface area contributed by atoms with Gasteiger partial charge in [0.05, 0.1) is 22.1 Å². The van der Waals surface area contributed by atoms with Crippen molar-refractivity contribution in [2.75, 3.05) is 5.32 Å². The van der Waals surface area contributed by atoms with E-state index in [4.69, 9.17) is 11.6 Å². The van der Waals surface area contributed by atoms with Gasteiger partial charge in [0.2, 0.25) is 0 Å². The largest absolute Gasteiger partial charge is 0.330 e. The number of fused-ring (bicyclic) bond motifs is 1. The number of benzene rings is 1. The van der Waals surface area contributed by atoms with Crippen LogP contribution in [0.1, 0.15) is 5.69 Å². The lowest BCUT2D eigenvalue weighted by atomic mass is 10.3. The Morgan fingerprint density at radius 2 is 2.08 bits per heavy atom. The Morgan fingerprint density at radius 1 is 1.24 bits per heavy atom. The number of anilines is 2. The molecule has 0 radical (unpaired) electrons. The zero-order valence-corrected chi connectivity index (χ0v) is 16.1. The molecule has 126 valence electrons. The van der Waals surface area contributed by atoms with Gasteiger partial charge < -0.3 is 5.32 Å². The van der Waals surface area contributed by atoms with Gasteiger partial charge in [-0.1, -0.05) is 27.5 Å². The van der Waals surface area contributed by atoms with E-state index in [9.17, 15) is 4.39 Å². The Hall–Kier alpha value is -1.96. The van der Waals surface area contributed by atoms with E-state index in [0.29, 0.717) is 15.8 Å². The number of aromatic nitrogens is 3. The molecule has 0 fully saturated rings. The van der Waals surface area contributed by atoms with Crippen LogP contribution in [0.3, 0.4) is 0 Å². The minimum atomic E-state index is -0.318. The molecule has 8 heteroatoms. The predicted octanol–water partition coefficient (Wildman–Crippen LogP) is 6.06. The van der Waals surface area contributed by atoms with E-state index in [1.54, 1.807) is 10.5 Å². The summed E-state index contributed by atoms with van der Waals surface area (Å²) in [6.45, 7) is 1.89. The van der Waals surface area contributed by atoms with Crippen molar-refractivity contribution in [3.8, 4) is 11.4 Å². The first-order chi connectivity index (χ1) is 12.0. The monoisotopic (exact) mass is 436 g/mol. The maximum atomic E-state index is 13.6. The molecular formula is C17H11BrClFN4S. The van der Waals surface area contributed by atoms with Gasteiger partial charge in [-0.2, -0.15) is 0 Å². The van der Waals surface area contributed by atoms with Crippen molar-refractivity contribution in [2.24, 2.45) is 0 Å². The summed E-state index contributed by atoms with van der Waals surface area (Å²) in [6, 6.07) is 8.65. The molecule has 0 atom stereocenters.